The molecule has 0 saturated heterocycles. The highest BCUT2D eigenvalue weighted by Crippen LogP contribution is 2.21. The molecule has 0 saturated carbocycles. The highest BCUT2D eigenvalue weighted by Gasteiger charge is 2.21. The van der Waals surface area contributed by atoms with E-state index in [4.69, 9.17) is 4.74 Å². The van der Waals surface area contributed by atoms with Gasteiger partial charge in [0.2, 0.25) is 0 Å². The molecule has 0 unspecified atom stereocenters. The molecule has 1 N–H and O–H groups in total. The maximum absolute atomic E-state index is 12.9. The number of rotatable bonds is 5. The number of esters is 1. The van der Waals surface area contributed by atoms with Crippen molar-refractivity contribution in [2.45, 2.75) is 13.0 Å². The highest BCUT2D eigenvalue weighted by atomic mass is 19.1. The van der Waals surface area contributed by atoms with Gasteiger partial charge in [-0.3, -0.25) is 0 Å². The molecule has 0 radical (unpaired) electrons. The molecule has 4 heteroatoms. The van der Waals surface area contributed by atoms with Gasteiger partial charge in [0.1, 0.15) is 5.82 Å². The number of benzene rings is 2. The van der Waals surface area contributed by atoms with Crippen molar-refractivity contribution in [1.82, 2.24) is 0 Å². The van der Waals surface area contributed by atoms with Crippen LogP contribution in [-0.2, 0) is 9.53 Å². The lowest BCUT2D eigenvalue weighted by Crippen LogP contribution is -2.23. The van der Waals surface area contributed by atoms with Gasteiger partial charge in [-0.05, 0) is 36.8 Å². The van der Waals surface area contributed by atoms with E-state index in [1.54, 1.807) is 19.1 Å². The molecule has 2 aromatic carbocycles. The van der Waals surface area contributed by atoms with Crippen LogP contribution < -0.4 is 5.32 Å². The van der Waals surface area contributed by atoms with Crippen LogP contribution in [0.25, 0.3) is 0 Å². The van der Waals surface area contributed by atoms with Gasteiger partial charge >= 0.3 is 5.97 Å². The fourth-order valence-corrected chi connectivity index (χ4v) is 1.86. The van der Waals surface area contributed by atoms with Gasteiger partial charge < -0.3 is 10.1 Å². The Hall–Kier alpha value is -2.36. The average Bonchev–Trinajstić information content (AvgIpc) is 2.48. The van der Waals surface area contributed by atoms with Gasteiger partial charge in [0.05, 0.1) is 6.61 Å². The van der Waals surface area contributed by atoms with E-state index >= 15 is 0 Å². The third kappa shape index (κ3) is 3.57. The smallest absolute Gasteiger partial charge is 0.333 e. The Morgan fingerprint density at radius 2 is 1.80 bits per heavy atom. The predicted octanol–water partition coefficient (Wildman–Crippen LogP) is 3.54. The molecule has 0 heterocycles. The first-order valence-electron chi connectivity index (χ1n) is 6.44. The molecule has 0 spiro atoms. The number of carbonyl (C=O) groups excluding carboxylic acids is 1. The maximum atomic E-state index is 12.9. The third-order valence-corrected chi connectivity index (χ3v) is 2.81. The SMILES string of the molecule is CCOC(=O)[C@H](Nc1ccc(F)cc1)c1ccccc1. The number of carbonyl (C=O) groups is 1. The van der Waals surface area contributed by atoms with Gasteiger partial charge in [-0.2, -0.15) is 0 Å². The Bertz CT molecular complexity index is 554. The zero-order chi connectivity index (χ0) is 14.4. The standard InChI is InChI=1S/C16H16FNO2/c1-2-20-16(19)15(12-6-4-3-5-7-12)18-14-10-8-13(17)9-11-14/h3-11,15,18H,2H2,1H3/t15-/m1/s1. The van der Waals surface area contributed by atoms with Crippen LogP contribution in [0.2, 0.25) is 0 Å². The van der Waals surface area contributed by atoms with Crippen molar-refractivity contribution in [2.24, 2.45) is 0 Å². The largest absolute Gasteiger partial charge is 0.464 e. The van der Waals surface area contributed by atoms with E-state index in [1.807, 2.05) is 30.3 Å². The lowest BCUT2D eigenvalue weighted by Gasteiger charge is -2.18. The fraction of sp³-hybridized carbons (Fsp3) is 0.188. The van der Waals surface area contributed by atoms with Gasteiger partial charge in [0, 0.05) is 5.69 Å². The molecule has 2 rings (SSSR count). The van der Waals surface area contributed by atoms with Gasteiger partial charge in [-0.15, -0.1) is 0 Å². The summed E-state index contributed by atoms with van der Waals surface area (Å²) < 4.78 is 18.0. The Balaban J connectivity index is 2.23. The lowest BCUT2D eigenvalue weighted by atomic mass is 10.1. The summed E-state index contributed by atoms with van der Waals surface area (Å²) in [7, 11) is 0. The topological polar surface area (TPSA) is 38.3 Å². The van der Waals surface area contributed by atoms with Crippen LogP contribution in [0.5, 0.6) is 0 Å². The normalized spacial score (nSPS) is 11.7. The second kappa shape index (κ2) is 6.70. The zero-order valence-corrected chi connectivity index (χ0v) is 11.2. The molecule has 0 fully saturated rings. The molecule has 0 aliphatic carbocycles. The number of ether oxygens (including phenoxy) is 1. The monoisotopic (exact) mass is 273 g/mol. The summed E-state index contributed by atoms with van der Waals surface area (Å²) >= 11 is 0. The van der Waals surface area contributed by atoms with Crippen LogP contribution in [-0.4, -0.2) is 12.6 Å². The van der Waals surface area contributed by atoms with Crippen LogP contribution in [0.1, 0.15) is 18.5 Å². The number of anilines is 1. The zero-order valence-electron chi connectivity index (χ0n) is 11.2. The number of hydrogen-bond acceptors (Lipinski definition) is 3. The first-order valence-corrected chi connectivity index (χ1v) is 6.44. The number of nitrogens with one attached hydrogen (secondary N) is 1. The molecule has 104 valence electrons. The summed E-state index contributed by atoms with van der Waals surface area (Å²) in [5.41, 5.74) is 1.46. The van der Waals surface area contributed by atoms with Crippen LogP contribution in [0, 0.1) is 5.82 Å². The minimum Gasteiger partial charge on any atom is -0.464 e. The molecule has 0 aliphatic rings. The Morgan fingerprint density at radius 3 is 2.40 bits per heavy atom. The number of hydrogen-bond donors (Lipinski definition) is 1. The summed E-state index contributed by atoms with van der Waals surface area (Å²) in [6.45, 7) is 2.07. The van der Waals surface area contributed by atoms with E-state index < -0.39 is 6.04 Å². The van der Waals surface area contributed by atoms with Crippen molar-refractivity contribution in [3.63, 3.8) is 0 Å². The maximum Gasteiger partial charge on any atom is 0.333 e. The van der Waals surface area contributed by atoms with Gasteiger partial charge in [-0.25, -0.2) is 9.18 Å². The second-order valence-electron chi connectivity index (χ2n) is 4.25. The minimum absolute atomic E-state index is 0.313. The van der Waals surface area contributed by atoms with E-state index in [9.17, 15) is 9.18 Å². The van der Waals surface area contributed by atoms with Gasteiger partial charge in [0.15, 0.2) is 6.04 Å². The van der Waals surface area contributed by atoms with Crippen molar-refractivity contribution in [2.75, 3.05) is 11.9 Å². The van der Waals surface area contributed by atoms with E-state index in [-0.39, 0.29) is 11.8 Å². The van der Waals surface area contributed by atoms with E-state index in [0.717, 1.165) is 5.56 Å². The van der Waals surface area contributed by atoms with Crippen molar-refractivity contribution < 1.29 is 13.9 Å². The van der Waals surface area contributed by atoms with Crippen molar-refractivity contribution >= 4 is 11.7 Å². The summed E-state index contributed by atoms with van der Waals surface area (Å²) in [5, 5.41) is 3.07. The van der Waals surface area contributed by atoms with Gasteiger partial charge in [0.25, 0.3) is 0 Å². The van der Waals surface area contributed by atoms with Crippen LogP contribution in [0.4, 0.5) is 10.1 Å². The summed E-state index contributed by atoms with van der Waals surface area (Å²) in [6.07, 6.45) is 0. The summed E-state index contributed by atoms with van der Waals surface area (Å²) in [6, 6.07) is 14.5. The molecule has 0 aliphatic heterocycles. The van der Waals surface area contributed by atoms with Crippen molar-refractivity contribution in [3.8, 4) is 0 Å². The molecule has 1 atom stereocenters. The minimum atomic E-state index is -0.610. The molecule has 20 heavy (non-hydrogen) atoms. The van der Waals surface area contributed by atoms with E-state index in [0.29, 0.717) is 12.3 Å². The Morgan fingerprint density at radius 1 is 1.15 bits per heavy atom. The quantitative estimate of drug-likeness (QED) is 0.847. The fourth-order valence-electron chi connectivity index (χ4n) is 1.86. The lowest BCUT2D eigenvalue weighted by molar-refractivity contribution is -0.144. The van der Waals surface area contributed by atoms with Crippen LogP contribution in [0.15, 0.2) is 54.6 Å². The van der Waals surface area contributed by atoms with Crippen LogP contribution in [0.3, 0.4) is 0 Å². The second-order valence-corrected chi connectivity index (χ2v) is 4.25. The summed E-state index contributed by atoms with van der Waals surface area (Å²) in [5.74, 6) is -0.675. The van der Waals surface area contributed by atoms with Gasteiger partial charge in [-0.1, -0.05) is 30.3 Å². The van der Waals surface area contributed by atoms with Crippen molar-refractivity contribution in [3.05, 3.63) is 66.0 Å². The van der Waals surface area contributed by atoms with Crippen LogP contribution >= 0.6 is 0 Å². The molecule has 0 amide bonds. The molecule has 3 nitrogen and oxygen atoms in total. The third-order valence-electron chi connectivity index (χ3n) is 2.81. The predicted molar refractivity (Wildman–Crippen MR) is 75.8 cm³/mol. The molecular weight excluding hydrogens is 257 g/mol. The molecule has 2 aromatic rings. The highest BCUT2D eigenvalue weighted by molar-refractivity contribution is 5.81. The Labute approximate surface area is 117 Å². The first kappa shape index (κ1) is 14.1. The van der Waals surface area contributed by atoms with E-state index in [2.05, 4.69) is 5.32 Å². The Kier molecular flexibility index (Phi) is 4.71. The molecule has 0 bridgehead atoms. The molecule has 0 aromatic heterocycles. The first-order chi connectivity index (χ1) is 9.70. The average molecular weight is 273 g/mol. The number of halogens is 1. The summed E-state index contributed by atoms with van der Waals surface area (Å²) in [4.78, 5) is 12.1. The molecular formula is C16H16FNO2. The van der Waals surface area contributed by atoms with E-state index in [1.165, 1.54) is 12.1 Å². The van der Waals surface area contributed by atoms with Crippen molar-refractivity contribution in [1.29, 1.82) is 0 Å².